The number of hydrogen-bond donors (Lipinski definition) is 5. The molecule has 0 aliphatic rings. The van der Waals surface area contributed by atoms with Gasteiger partial charge < -0.3 is 31.9 Å². The Labute approximate surface area is 224 Å². The van der Waals surface area contributed by atoms with Gasteiger partial charge >= 0.3 is 0 Å². The zero-order valence-electron chi connectivity index (χ0n) is 23.2. The summed E-state index contributed by atoms with van der Waals surface area (Å²) >= 11 is 0. The molecule has 1 rings (SSSR count). The number of amides is 2. The minimum atomic E-state index is -0.430. The van der Waals surface area contributed by atoms with Crippen molar-refractivity contribution in [2.24, 2.45) is 32.8 Å². The number of nitrogens with two attached hydrogens (primary N) is 2. The first-order valence-electron chi connectivity index (χ1n) is 12.6. The Morgan fingerprint density at radius 2 is 1.84 bits per heavy atom. The van der Waals surface area contributed by atoms with Gasteiger partial charge in [0, 0.05) is 26.0 Å². The number of hydrogen-bond acceptors (Lipinski definition) is 9. The van der Waals surface area contributed by atoms with Crippen LogP contribution in [-0.4, -0.2) is 65.5 Å². The second-order valence-electron chi connectivity index (χ2n) is 9.53. The number of anilines is 1. The number of nitroso groups, excluding NO2 is 1. The molecule has 0 spiro atoms. The zero-order valence-corrected chi connectivity index (χ0v) is 23.2. The molecule has 0 radical (unpaired) electrons. The highest BCUT2D eigenvalue weighted by molar-refractivity contribution is 5.97. The van der Waals surface area contributed by atoms with Gasteiger partial charge in [-0.05, 0) is 58.1 Å². The van der Waals surface area contributed by atoms with Gasteiger partial charge in [0.05, 0.1) is 30.6 Å². The van der Waals surface area contributed by atoms with Crippen LogP contribution < -0.4 is 22.1 Å². The third-order valence-electron chi connectivity index (χ3n) is 4.86. The molecule has 1 aromatic heterocycles. The minimum Gasteiger partial charge on any atom is -0.396 e. The molecule has 0 bridgehead atoms. The number of rotatable bonds is 16. The van der Waals surface area contributed by atoms with E-state index in [1.807, 2.05) is 13.8 Å². The third kappa shape index (κ3) is 18.8. The largest absolute Gasteiger partial charge is 0.396 e. The van der Waals surface area contributed by atoms with Crippen molar-refractivity contribution >= 4 is 29.2 Å². The lowest BCUT2D eigenvalue weighted by Gasteiger charge is -2.24. The fourth-order valence-corrected chi connectivity index (χ4v) is 2.69. The first-order valence-corrected chi connectivity index (χ1v) is 12.6. The highest BCUT2D eigenvalue weighted by Crippen LogP contribution is 2.13. The van der Waals surface area contributed by atoms with Crippen molar-refractivity contribution in [2.75, 3.05) is 31.6 Å². The van der Waals surface area contributed by atoms with Gasteiger partial charge in [-0.1, -0.05) is 19.0 Å². The fraction of sp³-hybridized carbons (Fsp3) is 0.640. The molecular formula is C25H44N8O5. The Balaban J connectivity index is 0.00000171. The number of nitrogens with zero attached hydrogens (tertiary/aromatic N) is 4. The average Bonchev–Trinajstić information content (AvgIpc) is 2.84. The molecule has 0 atom stereocenters. The van der Waals surface area contributed by atoms with E-state index < -0.39 is 5.60 Å². The molecule has 13 heteroatoms. The molecular weight excluding hydrogens is 492 g/mol. The summed E-state index contributed by atoms with van der Waals surface area (Å²) in [7, 11) is 0. The lowest BCUT2D eigenvalue weighted by molar-refractivity contribution is -0.122. The van der Waals surface area contributed by atoms with Crippen molar-refractivity contribution in [3.8, 4) is 0 Å². The van der Waals surface area contributed by atoms with Crippen molar-refractivity contribution in [3.63, 3.8) is 0 Å². The Hall–Kier alpha value is -3.45. The number of amidine groups is 2. The van der Waals surface area contributed by atoms with Crippen LogP contribution in [-0.2, 0) is 14.3 Å². The van der Waals surface area contributed by atoms with Gasteiger partial charge in [0.25, 0.3) is 0 Å². The van der Waals surface area contributed by atoms with E-state index in [1.165, 1.54) is 6.20 Å². The van der Waals surface area contributed by atoms with Crippen molar-refractivity contribution in [3.05, 3.63) is 28.9 Å². The van der Waals surface area contributed by atoms with Gasteiger partial charge in [0.1, 0.15) is 11.5 Å². The highest BCUT2D eigenvalue weighted by atomic mass is 16.5. The van der Waals surface area contributed by atoms with Crippen LogP contribution >= 0.6 is 0 Å². The van der Waals surface area contributed by atoms with Crippen LogP contribution in [0.3, 0.4) is 0 Å². The van der Waals surface area contributed by atoms with E-state index in [9.17, 15) is 14.5 Å². The molecule has 7 N–H and O–H groups in total. The molecule has 0 aromatic carbocycles. The van der Waals surface area contributed by atoms with Crippen LogP contribution in [0.4, 0.5) is 5.69 Å². The van der Waals surface area contributed by atoms with Gasteiger partial charge in [-0.3, -0.25) is 14.6 Å². The summed E-state index contributed by atoms with van der Waals surface area (Å²) in [4.78, 5) is 37.5. The second-order valence-corrected chi connectivity index (χ2v) is 9.53. The number of aliphatic hydroxyl groups excluding tert-OH is 1. The first-order chi connectivity index (χ1) is 17.9. The maximum atomic E-state index is 12.0. The molecule has 2 amide bonds. The zero-order chi connectivity index (χ0) is 29.0. The lowest BCUT2D eigenvalue weighted by Crippen LogP contribution is -2.32. The summed E-state index contributed by atoms with van der Waals surface area (Å²) in [5.74, 6) is 0.624. The molecule has 0 aliphatic heterocycles. The molecule has 0 aliphatic carbocycles. The smallest absolute Gasteiger partial charge is 0.224 e. The van der Waals surface area contributed by atoms with Crippen molar-refractivity contribution in [1.29, 1.82) is 0 Å². The van der Waals surface area contributed by atoms with E-state index in [4.69, 9.17) is 21.3 Å². The van der Waals surface area contributed by atoms with E-state index in [0.717, 1.165) is 6.42 Å². The third-order valence-corrected chi connectivity index (χ3v) is 4.86. The molecule has 1 aromatic rings. The minimum absolute atomic E-state index is 0.0491. The number of nitrogens with one attached hydrogen (secondary N) is 2. The maximum absolute atomic E-state index is 12.0. The SMILES string of the molecule is C/C(N)=N/N=C(\N)c1ccc(NC(=O)CCCC(=O)NCCOC(C)(C)CCO)cn1.CC(C)CCN=O. The van der Waals surface area contributed by atoms with E-state index in [2.05, 4.69) is 44.8 Å². The monoisotopic (exact) mass is 536 g/mol. The lowest BCUT2D eigenvalue weighted by atomic mass is 10.1. The number of carbonyl (C=O) groups is 2. The maximum Gasteiger partial charge on any atom is 0.224 e. The van der Waals surface area contributed by atoms with Crippen LogP contribution in [0.25, 0.3) is 0 Å². The van der Waals surface area contributed by atoms with Crippen LogP contribution in [0.5, 0.6) is 0 Å². The Bertz CT molecular complexity index is 898. The molecule has 38 heavy (non-hydrogen) atoms. The number of aromatic nitrogens is 1. The quantitative estimate of drug-likeness (QED) is 0.0694. The second kappa shape index (κ2) is 19.6. The van der Waals surface area contributed by atoms with E-state index in [0.29, 0.717) is 49.8 Å². The van der Waals surface area contributed by atoms with Crippen LogP contribution in [0.2, 0.25) is 0 Å². The number of carbonyl (C=O) groups excluding carboxylic acids is 2. The Kier molecular flexibility index (Phi) is 17.9. The first kappa shape index (κ1) is 34.6. The number of ether oxygens (including phenoxy) is 1. The number of pyridine rings is 1. The average molecular weight is 537 g/mol. The van der Waals surface area contributed by atoms with E-state index >= 15 is 0 Å². The number of aliphatic hydroxyl groups is 1. The molecule has 0 saturated carbocycles. The summed E-state index contributed by atoms with van der Waals surface area (Å²) in [6.45, 7) is 10.7. The van der Waals surface area contributed by atoms with Gasteiger partial charge in [-0.15, -0.1) is 10.2 Å². The molecule has 214 valence electrons. The Morgan fingerprint density at radius 3 is 2.37 bits per heavy atom. The van der Waals surface area contributed by atoms with Gasteiger partial charge in [-0.2, -0.15) is 4.91 Å². The predicted octanol–water partition coefficient (Wildman–Crippen LogP) is 2.28. The topological polar surface area (TPSA) is 207 Å². The summed E-state index contributed by atoms with van der Waals surface area (Å²) in [6.07, 6.45) is 3.75. The van der Waals surface area contributed by atoms with Crippen LogP contribution in [0, 0.1) is 10.8 Å². The van der Waals surface area contributed by atoms with Crippen molar-refractivity contribution in [1.82, 2.24) is 10.3 Å². The van der Waals surface area contributed by atoms with Gasteiger partial charge in [0.2, 0.25) is 11.8 Å². The Morgan fingerprint density at radius 1 is 1.16 bits per heavy atom. The van der Waals surface area contributed by atoms with Gasteiger partial charge in [-0.25, -0.2) is 0 Å². The van der Waals surface area contributed by atoms with Crippen molar-refractivity contribution < 1.29 is 19.4 Å². The summed E-state index contributed by atoms with van der Waals surface area (Å²) in [6, 6.07) is 3.25. The van der Waals surface area contributed by atoms with Crippen LogP contribution in [0.15, 0.2) is 33.7 Å². The molecule has 0 unspecified atom stereocenters. The fourth-order valence-electron chi connectivity index (χ4n) is 2.69. The standard InChI is InChI=1S/C20H33N7O4.C5H11NO/c1-14(21)26-27-19(22)16-8-7-15(13-24-16)25-18(30)6-4-5-17(29)23-10-12-31-20(2,3)9-11-28;1-5(2)3-4-6-7/h7-8,13,28H,4-6,9-12H2,1-3H3,(H2,21,26)(H2,22,27)(H,23,29)(H,25,30);5H,3-4H2,1-2H3. The molecule has 0 fully saturated rings. The van der Waals surface area contributed by atoms with E-state index in [1.54, 1.807) is 19.1 Å². The van der Waals surface area contributed by atoms with Gasteiger partial charge in [0.15, 0.2) is 5.84 Å². The molecule has 13 nitrogen and oxygen atoms in total. The highest BCUT2D eigenvalue weighted by Gasteiger charge is 2.17. The normalized spacial score (nSPS) is 12.0. The van der Waals surface area contributed by atoms with Crippen molar-refractivity contribution in [2.45, 2.75) is 72.3 Å². The summed E-state index contributed by atoms with van der Waals surface area (Å²) in [5, 5.41) is 24.5. The van der Waals surface area contributed by atoms with Crippen LogP contribution in [0.1, 0.15) is 72.4 Å². The predicted molar refractivity (Wildman–Crippen MR) is 150 cm³/mol. The summed E-state index contributed by atoms with van der Waals surface area (Å²) < 4.78 is 5.60. The molecule has 1 heterocycles. The molecule has 0 saturated heterocycles. The van der Waals surface area contributed by atoms with E-state index in [-0.39, 0.29) is 42.9 Å². The summed E-state index contributed by atoms with van der Waals surface area (Å²) in [5.41, 5.74) is 11.6.